The van der Waals surface area contributed by atoms with Crippen LogP contribution >= 0.6 is 11.6 Å². The van der Waals surface area contributed by atoms with E-state index in [9.17, 15) is 4.79 Å². The number of rotatable bonds is 3. The largest absolute Gasteiger partial charge is 0.496 e. The molecule has 0 aromatic heterocycles. The molecule has 0 aliphatic rings. The molecule has 0 aliphatic carbocycles. The van der Waals surface area contributed by atoms with Crippen molar-refractivity contribution in [3.05, 3.63) is 28.3 Å². The van der Waals surface area contributed by atoms with Crippen molar-refractivity contribution in [2.24, 2.45) is 5.73 Å². The Morgan fingerprint density at radius 1 is 1.53 bits per heavy atom. The first-order chi connectivity index (χ1) is 6.97. The van der Waals surface area contributed by atoms with Gasteiger partial charge in [0.2, 0.25) is 0 Å². The first-order valence-corrected chi connectivity index (χ1v) is 4.99. The molecular formula is C11H14ClNO2. The molecule has 0 saturated heterocycles. The van der Waals surface area contributed by atoms with E-state index < -0.39 is 6.04 Å². The highest BCUT2D eigenvalue weighted by atomic mass is 35.5. The van der Waals surface area contributed by atoms with E-state index in [1.165, 1.54) is 7.11 Å². The minimum atomic E-state index is -0.559. The maximum absolute atomic E-state index is 11.8. The van der Waals surface area contributed by atoms with Gasteiger partial charge in [0.1, 0.15) is 5.75 Å². The van der Waals surface area contributed by atoms with E-state index >= 15 is 0 Å². The Labute approximate surface area is 94.2 Å². The van der Waals surface area contributed by atoms with Crippen LogP contribution in [-0.2, 0) is 0 Å². The number of halogens is 1. The molecule has 1 rings (SSSR count). The molecule has 0 heterocycles. The molecule has 0 saturated carbocycles. The van der Waals surface area contributed by atoms with Gasteiger partial charge in [0.15, 0.2) is 5.78 Å². The number of ketones is 1. The van der Waals surface area contributed by atoms with Gasteiger partial charge in [-0.15, -0.1) is 0 Å². The molecule has 0 radical (unpaired) electrons. The van der Waals surface area contributed by atoms with Crippen LogP contribution < -0.4 is 10.5 Å². The number of ether oxygens (including phenoxy) is 1. The van der Waals surface area contributed by atoms with Crippen LogP contribution in [0.4, 0.5) is 0 Å². The minimum absolute atomic E-state index is 0.169. The van der Waals surface area contributed by atoms with Gasteiger partial charge in [0.25, 0.3) is 0 Å². The van der Waals surface area contributed by atoms with Crippen LogP contribution in [0.25, 0.3) is 0 Å². The van der Waals surface area contributed by atoms with Crippen molar-refractivity contribution in [1.82, 2.24) is 0 Å². The zero-order valence-electron chi connectivity index (χ0n) is 9.00. The molecule has 1 aromatic rings. The number of hydrogen-bond donors (Lipinski definition) is 1. The Morgan fingerprint density at radius 2 is 2.13 bits per heavy atom. The Morgan fingerprint density at radius 3 is 2.60 bits per heavy atom. The topological polar surface area (TPSA) is 52.3 Å². The smallest absolute Gasteiger partial charge is 0.183 e. The third-order valence-corrected chi connectivity index (χ3v) is 2.34. The van der Waals surface area contributed by atoms with Gasteiger partial charge in [-0.1, -0.05) is 11.6 Å². The molecule has 1 atom stereocenters. The third kappa shape index (κ3) is 2.49. The monoisotopic (exact) mass is 227 g/mol. The van der Waals surface area contributed by atoms with Gasteiger partial charge in [0, 0.05) is 5.02 Å². The van der Waals surface area contributed by atoms with Gasteiger partial charge in [-0.05, 0) is 31.5 Å². The number of hydrogen-bond acceptors (Lipinski definition) is 3. The molecule has 0 bridgehead atoms. The van der Waals surface area contributed by atoms with Crippen molar-refractivity contribution >= 4 is 17.4 Å². The number of Topliss-reactive ketones (excluding diaryl/α,β-unsaturated/α-hetero) is 1. The summed E-state index contributed by atoms with van der Waals surface area (Å²) in [5.41, 5.74) is 6.81. The standard InChI is InChI=1S/C11H14ClNO2/c1-6-4-8(12)5-9(11(6)15-3)10(14)7(2)13/h4-5,7H,13H2,1-3H3. The van der Waals surface area contributed by atoms with Crippen LogP contribution in [0.1, 0.15) is 22.8 Å². The van der Waals surface area contributed by atoms with Crippen LogP contribution in [0, 0.1) is 6.92 Å². The first-order valence-electron chi connectivity index (χ1n) is 4.61. The Kier molecular flexibility index (Phi) is 3.72. The molecule has 1 aromatic carbocycles. The molecular weight excluding hydrogens is 214 g/mol. The van der Waals surface area contributed by atoms with Crippen LogP contribution in [0.5, 0.6) is 5.75 Å². The summed E-state index contributed by atoms with van der Waals surface area (Å²) in [4.78, 5) is 11.8. The summed E-state index contributed by atoms with van der Waals surface area (Å²) in [5, 5.41) is 0.511. The lowest BCUT2D eigenvalue weighted by atomic mass is 10.0. The van der Waals surface area contributed by atoms with Gasteiger partial charge in [-0.2, -0.15) is 0 Å². The quantitative estimate of drug-likeness (QED) is 0.806. The van der Waals surface area contributed by atoms with Gasteiger partial charge in [-0.25, -0.2) is 0 Å². The summed E-state index contributed by atoms with van der Waals surface area (Å²) in [6, 6.07) is 2.77. The predicted molar refractivity (Wildman–Crippen MR) is 60.7 cm³/mol. The summed E-state index contributed by atoms with van der Waals surface area (Å²) < 4.78 is 5.17. The van der Waals surface area contributed by atoms with Gasteiger partial charge in [0.05, 0.1) is 18.7 Å². The maximum atomic E-state index is 11.8. The van der Waals surface area contributed by atoms with E-state index in [1.807, 2.05) is 6.92 Å². The first kappa shape index (κ1) is 12.0. The predicted octanol–water partition coefficient (Wildman–Crippen LogP) is 2.19. The highest BCUT2D eigenvalue weighted by Crippen LogP contribution is 2.28. The fourth-order valence-corrected chi connectivity index (χ4v) is 1.70. The van der Waals surface area contributed by atoms with Gasteiger partial charge in [-0.3, -0.25) is 4.79 Å². The molecule has 0 fully saturated rings. The molecule has 1 unspecified atom stereocenters. The van der Waals surface area contributed by atoms with Crippen LogP contribution in [-0.4, -0.2) is 18.9 Å². The van der Waals surface area contributed by atoms with Crippen LogP contribution in [0.15, 0.2) is 12.1 Å². The van der Waals surface area contributed by atoms with E-state index in [-0.39, 0.29) is 5.78 Å². The number of carbonyl (C=O) groups excluding carboxylic acids is 1. The number of methoxy groups -OCH3 is 1. The van der Waals surface area contributed by atoms with Crippen molar-refractivity contribution in [3.63, 3.8) is 0 Å². The lowest BCUT2D eigenvalue weighted by molar-refractivity contribution is 0.0965. The zero-order valence-corrected chi connectivity index (χ0v) is 9.76. The summed E-state index contributed by atoms with van der Waals surface area (Å²) in [6.45, 7) is 3.47. The van der Waals surface area contributed by atoms with E-state index in [4.69, 9.17) is 22.1 Å². The molecule has 3 nitrogen and oxygen atoms in total. The Hall–Kier alpha value is -1.06. The van der Waals surface area contributed by atoms with Crippen molar-refractivity contribution in [2.75, 3.05) is 7.11 Å². The minimum Gasteiger partial charge on any atom is -0.496 e. The number of carbonyl (C=O) groups is 1. The number of nitrogens with two attached hydrogens (primary N) is 1. The van der Waals surface area contributed by atoms with Crippen molar-refractivity contribution in [1.29, 1.82) is 0 Å². The number of benzene rings is 1. The summed E-state index contributed by atoms with van der Waals surface area (Å²) in [5.74, 6) is 0.374. The van der Waals surface area contributed by atoms with Crippen molar-refractivity contribution in [3.8, 4) is 5.75 Å². The molecule has 0 spiro atoms. The van der Waals surface area contributed by atoms with E-state index in [1.54, 1.807) is 19.1 Å². The molecule has 2 N–H and O–H groups in total. The van der Waals surface area contributed by atoms with Crippen molar-refractivity contribution in [2.45, 2.75) is 19.9 Å². The molecule has 0 amide bonds. The molecule has 15 heavy (non-hydrogen) atoms. The average Bonchev–Trinajstić information content (AvgIpc) is 2.15. The molecule has 0 aliphatic heterocycles. The molecule has 4 heteroatoms. The van der Waals surface area contributed by atoms with E-state index in [0.29, 0.717) is 16.3 Å². The highest BCUT2D eigenvalue weighted by Gasteiger charge is 2.18. The van der Waals surface area contributed by atoms with Crippen LogP contribution in [0.2, 0.25) is 5.02 Å². The molecule has 82 valence electrons. The lowest BCUT2D eigenvalue weighted by Crippen LogP contribution is -2.27. The average molecular weight is 228 g/mol. The Balaban J connectivity index is 3.32. The van der Waals surface area contributed by atoms with Gasteiger partial charge < -0.3 is 10.5 Å². The second kappa shape index (κ2) is 4.64. The van der Waals surface area contributed by atoms with E-state index in [2.05, 4.69) is 0 Å². The zero-order chi connectivity index (χ0) is 11.6. The van der Waals surface area contributed by atoms with E-state index in [0.717, 1.165) is 5.56 Å². The summed E-state index contributed by atoms with van der Waals surface area (Å²) in [7, 11) is 1.52. The number of aryl methyl sites for hydroxylation is 1. The third-order valence-electron chi connectivity index (χ3n) is 2.12. The normalized spacial score (nSPS) is 12.3. The second-order valence-corrected chi connectivity index (χ2v) is 3.89. The maximum Gasteiger partial charge on any atom is 0.183 e. The van der Waals surface area contributed by atoms with Gasteiger partial charge >= 0.3 is 0 Å². The fourth-order valence-electron chi connectivity index (χ4n) is 1.43. The highest BCUT2D eigenvalue weighted by molar-refractivity contribution is 6.31. The SMILES string of the molecule is COc1c(C)cc(Cl)cc1C(=O)C(C)N. The van der Waals surface area contributed by atoms with Crippen LogP contribution in [0.3, 0.4) is 0 Å². The summed E-state index contributed by atoms with van der Waals surface area (Å²) >= 11 is 5.88. The summed E-state index contributed by atoms with van der Waals surface area (Å²) in [6.07, 6.45) is 0. The second-order valence-electron chi connectivity index (χ2n) is 3.46. The fraction of sp³-hybridized carbons (Fsp3) is 0.364. The van der Waals surface area contributed by atoms with Crippen molar-refractivity contribution < 1.29 is 9.53 Å². The Bertz CT molecular complexity index is 388. The lowest BCUT2D eigenvalue weighted by Gasteiger charge is -2.12.